The van der Waals surface area contributed by atoms with E-state index in [2.05, 4.69) is 10.6 Å². The molecule has 2 N–H and O–H groups in total. The smallest absolute Gasteiger partial charge is 0.476 e. The van der Waals surface area contributed by atoms with Gasteiger partial charge in [-0.2, -0.15) is 0 Å². The SMILES string of the molecule is CC(C)(C)OP(=O)(O[C@H]1CC2(NC(=O)COc3ccc(Cl)c(F)c3)CCC1(NC(=O)COc1ccc(Cl)c(F)c1)CC2)OC(C)(C)C. The molecule has 3 aliphatic rings. The molecule has 47 heavy (non-hydrogen) atoms. The first kappa shape index (κ1) is 37.4. The van der Waals surface area contributed by atoms with Crippen molar-refractivity contribution in [1.82, 2.24) is 10.6 Å². The minimum absolute atomic E-state index is 0.0691. The number of rotatable bonds is 12. The van der Waals surface area contributed by atoms with Crippen LogP contribution < -0.4 is 20.1 Å². The Morgan fingerprint density at radius 2 is 1.26 bits per heavy atom. The molecule has 3 fully saturated rings. The van der Waals surface area contributed by atoms with Gasteiger partial charge in [-0.25, -0.2) is 13.3 Å². The Balaban J connectivity index is 1.53. The van der Waals surface area contributed by atoms with Crippen LogP contribution in [-0.4, -0.2) is 53.4 Å². The second kappa shape index (κ2) is 14.2. The van der Waals surface area contributed by atoms with Crippen LogP contribution in [0.25, 0.3) is 0 Å². The van der Waals surface area contributed by atoms with Gasteiger partial charge in [0.2, 0.25) is 0 Å². The molecule has 5 rings (SSSR count). The van der Waals surface area contributed by atoms with Gasteiger partial charge in [-0.3, -0.25) is 23.2 Å². The van der Waals surface area contributed by atoms with Crippen LogP contribution in [0.1, 0.15) is 73.6 Å². The van der Waals surface area contributed by atoms with Gasteiger partial charge in [0, 0.05) is 17.7 Å². The number of ether oxygens (including phenoxy) is 2. The van der Waals surface area contributed by atoms with Crippen molar-refractivity contribution in [2.45, 2.75) is 102 Å². The van der Waals surface area contributed by atoms with E-state index in [0.29, 0.717) is 25.7 Å². The van der Waals surface area contributed by atoms with E-state index in [1.807, 2.05) is 0 Å². The van der Waals surface area contributed by atoms with Gasteiger partial charge in [-0.1, -0.05) is 23.2 Å². The van der Waals surface area contributed by atoms with Crippen LogP contribution in [0, 0.1) is 11.6 Å². The molecule has 0 aliphatic heterocycles. The van der Waals surface area contributed by atoms with Gasteiger partial charge in [0.05, 0.1) is 32.9 Å². The Morgan fingerprint density at radius 3 is 1.68 bits per heavy atom. The number of phosphoric ester groups is 1. The summed E-state index contributed by atoms with van der Waals surface area (Å²) >= 11 is 11.5. The van der Waals surface area contributed by atoms with E-state index in [1.54, 1.807) is 41.5 Å². The summed E-state index contributed by atoms with van der Waals surface area (Å²) in [5, 5.41) is 5.91. The summed E-state index contributed by atoms with van der Waals surface area (Å²) in [6.45, 7) is 9.45. The Hall–Kier alpha value is -2.47. The Labute approximate surface area is 283 Å². The third-order valence-corrected chi connectivity index (χ3v) is 10.3. The van der Waals surface area contributed by atoms with Crippen LogP contribution in [-0.2, 0) is 27.7 Å². The number of amides is 2. The van der Waals surface area contributed by atoms with Crippen LogP contribution in [0.4, 0.5) is 8.78 Å². The highest BCUT2D eigenvalue weighted by molar-refractivity contribution is 7.48. The van der Waals surface area contributed by atoms with Crippen molar-refractivity contribution in [2.75, 3.05) is 13.2 Å². The second-order valence-electron chi connectivity index (χ2n) is 13.9. The normalized spacial score (nSPS) is 22.9. The molecule has 2 amide bonds. The van der Waals surface area contributed by atoms with E-state index in [0.717, 1.165) is 12.1 Å². The average molecular weight is 722 g/mol. The highest BCUT2D eigenvalue weighted by atomic mass is 35.5. The molecule has 2 aromatic rings. The third-order valence-electron chi connectivity index (χ3n) is 7.63. The van der Waals surface area contributed by atoms with Gasteiger partial charge in [0.1, 0.15) is 23.1 Å². The maximum absolute atomic E-state index is 14.2. The van der Waals surface area contributed by atoms with Crippen molar-refractivity contribution in [3.8, 4) is 11.5 Å². The van der Waals surface area contributed by atoms with E-state index in [1.165, 1.54) is 24.3 Å². The largest absolute Gasteiger partial charge is 0.484 e. The van der Waals surface area contributed by atoms with Gasteiger partial charge in [0.25, 0.3) is 11.8 Å². The molecule has 2 aromatic carbocycles. The van der Waals surface area contributed by atoms with Crippen LogP contribution in [0.15, 0.2) is 36.4 Å². The molecule has 2 bridgehead atoms. The van der Waals surface area contributed by atoms with Crippen molar-refractivity contribution in [1.29, 1.82) is 0 Å². The van der Waals surface area contributed by atoms with Crippen molar-refractivity contribution in [2.24, 2.45) is 0 Å². The highest BCUT2D eigenvalue weighted by Crippen LogP contribution is 2.60. The van der Waals surface area contributed by atoms with Gasteiger partial charge in [0.15, 0.2) is 13.2 Å². The number of nitrogens with one attached hydrogen (secondary N) is 2. The number of benzene rings is 2. The standard InChI is InChI=1S/C32H41Cl2F2N2O8P/c1-29(2,3)45-47(41,46-30(4,5)6)44-26-17-31(37-27(39)18-42-20-7-9-22(33)24(35)15-20)11-13-32(26,14-12-31)38-28(40)19-43-21-8-10-23(34)25(36)16-21/h7-10,15-16,26H,11-14,17-19H2,1-6H3,(H,37,39)(H,38,40)/t26-,31?,32?/m0/s1. The first-order valence-electron chi connectivity index (χ1n) is 15.2. The molecular weight excluding hydrogens is 680 g/mol. The molecule has 3 saturated carbocycles. The molecule has 0 unspecified atom stereocenters. The van der Waals surface area contributed by atoms with Gasteiger partial charge in [-0.15, -0.1) is 0 Å². The third kappa shape index (κ3) is 10.3. The molecule has 15 heteroatoms. The number of carbonyl (C=O) groups is 2. The Morgan fingerprint density at radius 1 is 0.809 bits per heavy atom. The van der Waals surface area contributed by atoms with Gasteiger partial charge < -0.3 is 20.1 Å². The molecule has 0 heterocycles. The second-order valence-corrected chi connectivity index (χ2v) is 16.2. The van der Waals surface area contributed by atoms with E-state index < -0.39 is 72.9 Å². The summed E-state index contributed by atoms with van der Waals surface area (Å²) in [6, 6.07) is 7.72. The fourth-order valence-corrected chi connectivity index (χ4v) is 8.02. The van der Waals surface area contributed by atoms with Crippen molar-refractivity contribution in [3.63, 3.8) is 0 Å². The zero-order chi connectivity index (χ0) is 34.8. The molecule has 3 aliphatic carbocycles. The fraction of sp³-hybridized carbons (Fsp3) is 0.562. The van der Waals surface area contributed by atoms with Crippen LogP contribution in [0.3, 0.4) is 0 Å². The van der Waals surface area contributed by atoms with Crippen LogP contribution >= 0.6 is 31.0 Å². The number of hydrogen-bond donors (Lipinski definition) is 2. The lowest BCUT2D eigenvalue weighted by Gasteiger charge is -2.57. The molecular formula is C32H41Cl2F2N2O8P. The molecule has 10 nitrogen and oxygen atoms in total. The molecule has 260 valence electrons. The van der Waals surface area contributed by atoms with Crippen molar-refractivity contribution in [3.05, 3.63) is 58.1 Å². The Kier molecular flexibility index (Phi) is 11.3. The molecule has 0 radical (unpaired) electrons. The van der Waals surface area contributed by atoms with E-state index >= 15 is 0 Å². The lowest BCUT2D eigenvalue weighted by Crippen LogP contribution is -2.71. The summed E-state index contributed by atoms with van der Waals surface area (Å²) in [7, 11) is -4.27. The first-order chi connectivity index (χ1) is 21.7. The first-order valence-corrected chi connectivity index (χ1v) is 17.4. The number of fused-ring (bicyclic) bond motifs is 3. The molecule has 0 spiro atoms. The zero-order valence-corrected chi connectivity index (χ0v) is 29.6. The lowest BCUT2D eigenvalue weighted by atomic mass is 9.60. The fourth-order valence-electron chi connectivity index (χ4n) is 5.74. The predicted octanol–water partition coefficient (Wildman–Crippen LogP) is 7.54. The zero-order valence-electron chi connectivity index (χ0n) is 27.2. The van der Waals surface area contributed by atoms with E-state index in [-0.39, 0.29) is 28.0 Å². The summed E-state index contributed by atoms with van der Waals surface area (Å²) in [5.74, 6) is -2.08. The van der Waals surface area contributed by atoms with Crippen LogP contribution in [0.5, 0.6) is 11.5 Å². The predicted molar refractivity (Wildman–Crippen MR) is 173 cm³/mol. The molecule has 1 atom stereocenters. The number of halogens is 4. The highest BCUT2D eigenvalue weighted by Gasteiger charge is 2.59. The minimum atomic E-state index is -4.27. The lowest BCUT2D eigenvalue weighted by molar-refractivity contribution is -0.137. The quantitative estimate of drug-likeness (QED) is 0.216. The van der Waals surface area contributed by atoms with E-state index in [4.69, 9.17) is 46.2 Å². The topological polar surface area (TPSA) is 121 Å². The summed E-state index contributed by atoms with van der Waals surface area (Å²) < 4.78 is 71.0. The maximum Gasteiger partial charge on any atom is 0.476 e. The average Bonchev–Trinajstić information content (AvgIpc) is 2.93. The summed E-state index contributed by atoms with van der Waals surface area (Å²) in [4.78, 5) is 26.3. The molecule has 0 aromatic heterocycles. The van der Waals surface area contributed by atoms with Gasteiger partial charge in [-0.05, 0) is 97.9 Å². The summed E-state index contributed by atoms with van der Waals surface area (Å²) in [5.41, 5.74) is -3.66. The number of phosphoric acid groups is 1. The van der Waals surface area contributed by atoms with Crippen molar-refractivity contribution < 1.29 is 46.0 Å². The summed E-state index contributed by atoms with van der Waals surface area (Å²) in [6.07, 6.45) is 0.804. The minimum Gasteiger partial charge on any atom is -0.484 e. The Bertz CT molecular complexity index is 1500. The number of hydrogen-bond acceptors (Lipinski definition) is 8. The maximum atomic E-state index is 14.2. The van der Waals surface area contributed by atoms with Crippen LogP contribution in [0.2, 0.25) is 10.0 Å². The van der Waals surface area contributed by atoms with E-state index in [9.17, 15) is 22.9 Å². The van der Waals surface area contributed by atoms with Crippen molar-refractivity contribution >= 4 is 42.8 Å². The number of carbonyl (C=O) groups excluding carboxylic acids is 2. The van der Waals surface area contributed by atoms with Gasteiger partial charge >= 0.3 is 7.82 Å². The monoisotopic (exact) mass is 720 g/mol. The molecule has 0 saturated heterocycles.